The fourth-order valence-corrected chi connectivity index (χ4v) is 2.01. The van der Waals surface area contributed by atoms with Gasteiger partial charge in [0.1, 0.15) is 0 Å². The molecule has 0 spiro atoms. The van der Waals surface area contributed by atoms with E-state index in [0.717, 1.165) is 39.1 Å². The third-order valence-corrected chi connectivity index (χ3v) is 2.73. The van der Waals surface area contributed by atoms with Crippen LogP contribution in [0.1, 0.15) is 19.8 Å². The Morgan fingerprint density at radius 3 is 2.60 bits per heavy atom. The van der Waals surface area contributed by atoms with Crippen molar-refractivity contribution in [2.75, 3.05) is 46.6 Å². The molecule has 0 aromatic carbocycles. The fourth-order valence-electron chi connectivity index (χ4n) is 2.01. The fraction of sp³-hybridized carbons (Fsp3) is 1.00. The van der Waals surface area contributed by atoms with Gasteiger partial charge in [-0.1, -0.05) is 13.3 Å². The van der Waals surface area contributed by atoms with Gasteiger partial charge < -0.3 is 14.6 Å². The summed E-state index contributed by atoms with van der Waals surface area (Å²) in [6, 6.07) is 0. The summed E-state index contributed by atoms with van der Waals surface area (Å²) in [5, 5.41) is 9.92. The smallest absolute Gasteiger partial charge is 0.0900 e. The molecule has 0 aromatic rings. The number of aliphatic hydroxyl groups is 1. The lowest BCUT2D eigenvalue weighted by molar-refractivity contribution is -0.109. The van der Waals surface area contributed by atoms with E-state index in [2.05, 4.69) is 11.8 Å². The molecule has 0 aromatic heterocycles. The molecule has 0 amide bonds. The maximum Gasteiger partial charge on any atom is 0.0900 e. The zero-order valence-electron chi connectivity index (χ0n) is 9.87. The number of β-amino-alcohol motifs (C(OH)–C–C–N with tert-alkyl or cyclic N) is 1. The summed E-state index contributed by atoms with van der Waals surface area (Å²) in [5.74, 6) is 0. The first-order valence-corrected chi connectivity index (χ1v) is 5.71. The molecule has 1 aliphatic heterocycles. The summed E-state index contributed by atoms with van der Waals surface area (Å²) in [4.78, 5) is 2.22. The average molecular weight is 217 g/mol. The number of likely N-dealkylation sites (tertiary alicyclic amines) is 1. The van der Waals surface area contributed by atoms with E-state index in [0.29, 0.717) is 13.2 Å². The normalized spacial score (nSPS) is 20.2. The summed E-state index contributed by atoms with van der Waals surface area (Å²) >= 11 is 0. The van der Waals surface area contributed by atoms with Crippen LogP contribution < -0.4 is 0 Å². The molecule has 1 heterocycles. The van der Waals surface area contributed by atoms with E-state index >= 15 is 0 Å². The summed E-state index contributed by atoms with van der Waals surface area (Å²) in [5.41, 5.74) is -0.415. The van der Waals surface area contributed by atoms with Crippen molar-refractivity contribution >= 4 is 0 Å². The minimum absolute atomic E-state index is 0.415. The molecule has 1 rings (SSSR count). The summed E-state index contributed by atoms with van der Waals surface area (Å²) in [6.07, 6.45) is 1.96. The highest BCUT2D eigenvalue weighted by molar-refractivity contribution is 4.94. The lowest BCUT2D eigenvalue weighted by Gasteiger charge is -2.46. The zero-order chi connectivity index (χ0) is 11.1. The highest BCUT2D eigenvalue weighted by Gasteiger charge is 2.39. The lowest BCUT2D eigenvalue weighted by Crippen LogP contribution is -2.62. The molecule has 4 heteroatoms. The molecule has 0 bridgehead atoms. The predicted molar refractivity (Wildman–Crippen MR) is 59.0 cm³/mol. The highest BCUT2D eigenvalue weighted by Crippen LogP contribution is 2.24. The van der Waals surface area contributed by atoms with E-state index in [-0.39, 0.29) is 0 Å². The second kappa shape index (κ2) is 6.43. The lowest BCUT2D eigenvalue weighted by atomic mass is 9.89. The minimum atomic E-state index is -0.415. The summed E-state index contributed by atoms with van der Waals surface area (Å²) in [7, 11) is 1.67. The van der Waals surface area contributed by atoms with Gasteiger partial charge in [-0.05, 0) is 6.42 Å². The molecule has 1 N–H and O–H groups in total. The number of rotatable bonds is 8. The second-order valence-corrected chi connectivity index (χ2v) is 4.29. The Morgan fingerprint density at radius 1 is 1.27 bits per heavy atom. The van der Waals surface area contributed by atoms with Gasteiger partial charge in [0.15, 0.2) is 0 Å². The molecule has 0 saturated carbocycles. The molecule has 1 aliphatic rings. The van der Waals surface area contributed by atoms with E-state index in [9.17, 15) is 5.11 Å². The van der Waals surface area contributed by atoms with Gasteiger partial charge >= 0.3 is 0 Å². The molecule has 0 atom stereocenters. The predicted octanol–water partition coefficient (Wildman–Crippen LogP) is 0.496. The van der Waals surface area contributed by atoms with Crippen LogP contribution in [0.15, 0.2) is 0 Å². The SMILES string of the molecule is CCCC1(O)CN(CCOCCOC)C1. The van der Waals surface area contributed by atoms with Crippen molar-refractivity contribution in [2.24, 2.45) is 0 Å². The Balaban J connectivity index is 1.93. The Hall–Kier alpha value is -0.160. The van der Waals surface area contributed by atoms with Crippen molar-refractivity contribution in [3.05, 3.63) is 0 Å². The van der Waals surface area contributed by atoms with Crippen LogP contribution in [-0.2, 0) is 9.47 Å². The van der Waals surface area contributed by atoms with Crippen LogP contribution in [0.2, 0.25) is 0 Å². The van der Waals surface area contributed by atoms with Crippen molar-refractivity contribution in [2.45, 2.75) is 25.4 Å². The average Bonchev–Trinajstić information content (AvgIpc) is 2.15. The molecule has 0 radical (unpaired) electrons. The van der Waals surface area contributed by atoms with E-state index in [1.54, 1.807) is 7.11 Å². The number of ether oxygens (including phenoxy) is 2. The molecule has 4 nitrogen and oxygen atoms in total. The van der Waals surface area contributed by atoms with Crippen LogP contribution in [0, 0.1) is 0 Å². The molecule has 1 fully saturated rings. The summed E-state index contributed by atoms with van der Waals surface area (Å²) in [6.45, 7) is 6.65. The van der Waals surface area contributed by atoms with Crippen molar-refractivity contribution in [1.82, 2.24) is 4.90 Å². The number of hydrogen-bond donors (Lipinski definition) is 1. The van der Waals surface area contributed by atoms with Crippen molar-refractivity contribution < 1.29 is 14.6 Å². The molecule has 15 heavy (non-hydrogen) atoms. The van der Waals surface area contributed by atoms with Crippen LogP contribution in [0.5, 0.6) is 0 Å². The van der Waals surface area contributed by atoms with E-state index in [1.807, 2.05) is 0 Å². The first kappa shape index (κ1) is 12.9. The second-order valence-electron chi connectivity index (χ2n) is 4.29. The number of nitrogens with zero attached hydrogens (tertiary/aromatic N) is 1. The van der Waals surface area contributed by atoms with E-state index in [4.69, 9.17) is 9.47 Å². The van der Waals surface area contributed by atoms with Crippen LogP contribution in [-0.4, -0.2) is 62.2 Å². The Labute approximate surface area is 92.2 Å². The largest absolute Gasteiger partial charge is 0.387 e. The van der Waals surface area contributed by atoms with Crippen molar-refractivity contribution in [1.29, 1.82) is 0 Å². The van der Waals surface area contributed by atoms with Crippen LogP contribution in [0.4, 0.5) is 0 Å². The highest BCUT2D eigenvalue weighted by atomic mass is 16.5. The van der Waals surface area contributed by atoms with Crippen molar-refractivity contribution in [3.63, 3.8) is 0 Å². The number of methoxy groups -OCH3 is 1. The van der Waals surface area contributed by atoms with Crippen molar-refractivity contribution in [3.8, 4) is 0 Å². The van der Waals surface area contributed by atoms with Gasteiger partial charge in [-0.2, -0.15) is 0 Å². The Kier molecular flexibility index (Phi) is 5.53. The van der Waals surface area contributed by atoms with Crippen LogP contribution in [0.25, 0.3) is 0 Å². The molecule has 1 saturated heterocycles. The first-order chi connectivity index (χ1) is 7.20. The number of hydrogen-bond acceptors (Lipinski definition) is 4. The van der Waals surface area contributed by atoms with Gasteiger partial charge in [0, 0.05) is 26.7 Å². The van der Waals surface area contributed by atoms with Gasteiger partial charge in [0.2, 0.25) is 0 Å². The first-order valence-electron chi connectivity index (χ1n) is 5.71. The maximum absolute atomic E-state index is 9.92. The van der Waals surface area contributed by atoms with Gasteiger partial charge in [0.05, 0.1) is 25.4 Å². The Bertz CT molecular complexity index is 169. The maximum atomic E-state index is 9.92. The molecule has 0 unspecified atom stereocenters. The summed E-state index contributed by atoms with van der Waals surface area (Å²) < 4.78 is 10.2. The Morgan fingerprint density at radius 2 is 2.00 bits per heavy atom. The van der Waals surface area contributed by atoms with E-state index in [1.165, 1.54) is 0 Å². The molecular weight excluding hydrogens is 194 g/mol. The van der Waals surface area contributed by atoms with Gasteiger partial charge in [0.25, 0.3) is 0 Å². The van der Waals surface area contributed by atoms with Crippen LogP contribution in [0.3, 0.4) is 0 Å². The quantitative estimate of drug-likeness (QED) is 0.601. The molecule has 90 valence electrons. The third-order valence-electron chi connectivity index (χ3n) is 2.73. The van der Waals surface area contributed by atoms with E-state index < -0.39 is 5.60 Å². The molecule has 0 aliphatic carbocycles. The minimum Gasteiger partial charge on any atom is -0.387 e. The van der Waals surface area contributed by atoms with Gasteiger partial charge in [-0.3, -0.25) is 4.90 Å². The van der Waals surface area contributed by atoms with Gasteiger partial charge in [-0.15, -0.1) is 0 Å². The van der Waals surface area contributed by atoms with Gasteiger partial charge in [-0.25, -0.2) is 0 Å². The standard InChI is InChI=1S/C11H23NO3/c1-3-4-11(13)9-12(10-11)5-6-15-8-7-14-2/h13H,3-10H2,1-2H3. The topological polar surface area (TPSA) is 41.9 Å². The third kappa shape index (κ3) is 4.47. The molecular formula is C11H23NO3. The monoisotopic (exact) mass is 217 g/mol. The van der Waals surface area contributed by atoms with Crippen LogP contribution >= 0.6 is 0 Å². The zero-order valence-corrected chi connectivity index (χ0v) is 9.87.